The fourth-order valence-corrected chi connectivity index (χ4v) is 2.24. The van der Waals surface area contributed by atoms with Crippen LogP contribution in [0.4, 0.5) is 5.69 Å². The lowest BCUT2D eigenvalue weighted by Gasteiger charge is -2.11. The number of nitrogens with two attached hydrogens (primary N) is 1. The van der Waals surface area contributed by atoms with Gasteiger partial charge in [-0.05, 0) is 22.9 Å². The van der Waals surface area contributed by atoms with E-state index in [0.717, 1.165) is 0 Å². The Morgan fingerprint density at radius 1 is 1.13 bits per heavy atom. The molecule has 0 spiro atoms. The molecule has 2 N–H and O–H groups in total. The second-order valence-corrected chi connectivity index (χ2v) is 4.54. The zero-order chi connectivity index (χ0) is 11.1. The molecule has 0 saturated heterocycles. The van der Waals surface area contributed by atoms with E-state index in [9.17, 15) is 13.0 Å². The van der Waals surface area contributed by atoms with Gasteiger partial charge in [0.2, 0.25) is 0 Å². The number of fused-ring (bicyclic) bond motifs is 1. The first-order chi connectivity index (χ1) is 6.98. The molecule has 0 aliphatic heterocycles. The first-order valence-electron chi connectivity index (χ1n) is 4.22. The third-order valence-corrected chi connectivity index (χ3v) is 2.99. The van der Waals surface area contributed by atoms with Crippen molar-refractivity contribution in [2.75, 3.05) is 5.73 Å². The van der Waals surface area contributed by atoms with Gasteiger partial charge in [0.25, 0.3) is 0 Å². The van der Waals surface area contributed by atoms with Crippen LogP contribution in [0.25, 0.3) is 10.8 Å². The highest BCUT2D eigenvalue weighted by atomic mass is 32.2. The summed E-state index contributed by atoms with van der Waals surface area (Å²) >= 11 is 0. The molecule has 2 rings (SSSR count). The Kier molecular flexibility index (Phi) is 2.13. The van der Waals surface area contributed by atoms with Gasteiger partial charge in [-0.15, -0.1) is 0 Å². The van der Waals surface area contributed by atoms with Crippen LogP contribution in [-0.4, -0.2) is 13.0 Å². The van der Waals surface area contributed by atoms with E-state index in [1.807, 2.05) is 0 Å². The Morgan fingerprint density at radius 3 is 2.47 bits per heavy atom. The number of anilines is 1. The molecule has 4 nitrogen and oxygen atoms in total. The Hall–Kier alpha value is -1.59. The van der Waals surface area contributed by atoms with Gasteiger partial charge < -0.3 is 10.3 Å². The van der Waals surface area contributed by atoms with Crippen molar-refractivity contribution >= 4 is 26.6 Å². The number of benzene rings is 2. The molecule has 0 fully saturated rings. The average Bonchev–Trinajstić information content (AvgIpc) is 2.15. The van der Waals surface area contributed by atoms with Crippen LogP contribution in [0, 0.1) is 0 Å². The SMILES string of the molecule is Nc1cc(S(=O)(=O)[O-])c2ccccc2c1. The summed E-state index contributed by atoms with van der Waals surface area (Å²) in [5, 5.41) is 1.05. The summed E-state index contributed by atoms with van der Waals surface area (Å²) in [4.78, 5) is -0.266. The Balaban J connectivity index is 2.96. The van der Waals surface area contributed by atoms with Gasteiger partial charge >= 0.3 is 0 Å². The van der Waals surface area contributed by atoms with E-state index in [1.165, 1.54) is 6.07 Å². The van der Waals surface area contributed by atoms with Gasteiger partial charge in [-0.2, -0.15) is 0 Å². The fraction of sp³-hybridized carbons (Fsp3) is 0. The van der Waals surface area contributed by atoms with Gasteiger partial charge in [0, 0.05) is 5.69 Å². The molecule has 0 aliphatic rings. The molecular weight excluding hydrogens is 214 g/mol. The largest absolute Gasteiger partial charge is 0.744 e. The van der Waals surface area contributed by atoms with Crippen molar-refractivity contribution in [1.82, 2.24) is 0 Å². The van der Waals surface area contributed by atoms with Crippen molar-refractivity contribution in [3.8, 4) is 0 Å². The third kappa shape index (κ3) is 1.79. The third-order valence-electron chi connectivity index (χ3n) is 2.12. The van der Waals surface area contributed by atoms with Crippen LogP contribution in [0.5, 0.6) is 0 Å². The van der Waals surface area contributed by atoms with Crippen molar-refractivity contribution in [2.45, 2.75) is 4.90 Å². The summed E-state index contributed by atoms with van der Waals surface area (Å²) in [5.41, 5.74) is 5.78. The Labute approximate surface area is 87.1 Å². The Bertz CT molecular complexity index is 620. The van der Waals surface area contributed by atoms with Gasteiger partial charge in [-0.25, -0.2) is 8.42 Å². The standard InChI is InChI=1S/C10H9NO3S/c11-8-5-7-3-1-2-4-9(7)10(6-8)15(12,13)14/h1-6H,11H2,(H,12,13,14)/p-1. The molecule has 0 aliphatic carbocycles. The fourth-order valence-electron chi connectivity index (χ4n) is 1.50. The van der Waals surface area contributed by atoms with Crippen molar-refractivity contribution < 1.29 is 13.0 Å². The van der Waals surface area contributed by atoms with E-state index in [4.69, 9.17) is 5.73 Å². The smallest absolute Gasteiger partial charge is 0.125 e. The lowest BCUT2D eigenvalue weighted by atomic mass is 10.1. The van der Waals surface area contributed by atoms with Crippen LogP contribution in [0.3, 0.4) is 0 Å². The topological polar surface area (TPSA) is 83.2 Å². The maximum atomic E-state index is 11.0. The van der Waals surface area contributed by atoms with Crippen LogP contribution < -0.4 is 5.73 Å². The summed E-state index contributed by atoms with van der Waals surface area (Å²) in [7, 11) is -4.48. The highest BCUT2D eigenvalue weighted by molar-refractivity contribution is 7.86. The molecule has 0 bridgehead atoms. The first kappa shape index (κ1) is 9.95. The second kappa shape index (κ2) is 3.22. The summed E-state index contributed by atoms with van der Waals surface area (Å²) in [6.45, 7) is 0. The number of rotatable bonds is 1. The summed E-state index contributed by atoms with van der Waals surface area (Å²) in [6.07, 6.45) is 0. The average molecular weight is 222 g/mol. The first-order valence-corrected chi connectivity index (χ1v) is 5.63. The summed E-state index contributed by atoms with van der Waals surface area (Å²) in [6, 6.07) is 9.53. The van der Waals surface area contributed by atoms with Crippen molar-refractivity contribution in [3.63, 3.8) is 0 Å². The minimum Gasteiger partial charge on any atom is -0.744 e. The molecule has 0 unspecified atom stereocenters. The summed E-state index contributed by atoms with van der Waals surface area (Å²) in [5.74, 6) is 0. The van der Waals surface area contributed by atoms with E-state index in [1.54, 1.807) is 30.3 Å². The van der Waals surface area contributed by atoms with E-state index in [2.05, 4.69) is 0 Å². The molecular formula is C10H8NO3S-. The Morgan fingerprint density at radius 2 is 1.80 bits per heavy atom. The van der Waals surface area contributed by atoms with Crippen LogP contribution in [0.1, 0.15) is 0 Å². The molecule has 2 aromatic rings. The van der Waals surface area contributed by atoms with Crippen molar-refractivity contribution in [1.29, 1.82) is 0 Å². The van der Waals surface area contributed by atoms with Crippen LogP contribution in [0.15, 0.2) is 41.3 Å². The molecule has 78 valence electrons. The second-order valence-electron chi connectivity index (χ2n) is 3.19. The number of hydrogen-bond donors (Lipinski definition) is 1. The molecule has 0 saturated carbocycles. The van der Waals surface area contributed by atoms with Gasteiger partial charge in [0.15, 0.2) is 0 Å². The van der Waals surface area contributed by atoms with Gasteiger partial charge in [-0.1, -0.05) is 24.3 Å². The molecule has 5 heteroatoms. The molecule has 0 atom stereocenters. The van der Waals surface area contributed by atoms with Crippen molar-refractivity contribution in [2.24, 2.45) is 0 Å². The predicted octanol–water partition coefficient (Wildman–Crippen LogP) is 1.33. The van der Waals surface area contributed by atoms with Crippen LogP contribution >= 0.6 is 0 Å². The molecule has 2 aromatic carbocycles. The van der Waals surface area contributed by atoms with Crippen LogP contribution in [0.2, 0.25) is 0 Å². The van der Waals surface area contributed by atoms with Crippen molar-refractivity contribution in [3.05, 3.63) is 36.4 Å². The monoisotopic (exact) mass is 222 g/mol. The quantitative estimate of drug-likeness (QED) is 0.582. The van der Waals surface area contributed by atoms with E-state index in [0.29, 0.717) is 10.8 Å². The van der Waals surface area contributed by atoms with Gasteiger partial charge in [0.1, 0.15) is 10.1 Å². The minimum atomic E-state index is -4.48. The molecule has 15 heavy (non-hydrogen) atoms. The minimum absolute atomic E-state index is 0.266. The zero-order valence-corrected chi connectivity index (χ0v) is 8.49. The highest BCUT2D eigenvalue weighted by Gasteiger charge is 2.07. The maximum Gasteiger partial charge on any atom is 0.125 e. The molecule has 0 amide bonds. The molecule has 0 heterocycles. The maximum absolute atomic E-state index is 11.0. The zero-order valence-electron chi connectivity index (χ0n) is 7.67. The normalized spacial score (nSPS) is 11.8. The van der Waals surface area contributed by atoms with Crippen LogP contribution in [-0.2, 0) is 10.1 Å². The predicted molar refractivity (Wildman–Crippen MR) is 56.3 cm³/mol. The van der Waals surface area contributed by atoms with E-state index < -0.39 is 10.1 Å². The van der Waals surface area contributed by atoms with Gasteiger partial charge in [0.05, 0.1) is 4.90 Å². The lowest BCUT2D eigenvalue weighted by molar-refractivity contribution is 0.464. The lowest BCUT2D eigenvalue weighted by Crippen LogP contribution is -2.01. The highest BCUT2D eigenvalue weighted by Crippen LogP contribution is 2.25. The number of nitrogen functional groups attached to an aromatic ring is 1. The molecule has 0 radical (unpaired) electrons. The molecule has 0 aromatic heterocycles. The van der Waals surface area contributed by atoms with E-state index in [-0.39, 0.29) is 10.6 Å². The summed E-state index contributed by atoms with van der Waals surface area (Å²) < 4.78 is 33.0. The number of hydrogen-bond acceptors (Lipinski definition) is 4. The van der Waals surface area contributed by atoms with Gasteiger partial charge in [-0.3, -0.25) is 0 Å². The van der Waals surface area contributed by atoms with E-state index >= 15 is 0 Å².